The quantitative estimate of drug-likeness (QED) is 0.601. The summed E-state index contributed by atoms with van der Waals surface area (Å²) in [6.45, 7) is 0. The fourth-order valence-electron chi connectivity index (χ4n) is 3.72. The van der Waals surface area contributed by atoms with Crippen molar-refractivity contribution in [2.24, 2.45) is 0 Å². The van der Waals surface area contributed by atoms with Gasteiger partial charge in [-0.3, -0.25) is 0 Å². The average molecular weight is 336 g/mol. The molecular formula is C21H20O2S. The van der Waals surface area contributed by atoms with Crippen LogP contribution in [0.5, 0.6) is 11.5 Å². The summed E-state index contributed by atoms with van der Waals surface area (Å²) in [6.07, 6.45) is 4.36. The number of ether oxygens (including phenoxy) is 2. The lowest BCUT2D eigenvalue weighted by atomic mass is 9.84. The predicted octanol–water partition coefficient (Wildman–Crippen LogP) is 5.34. The Hall–Kier alpha value is -2.13. The minimum Gasteiger partial charge on any atom is -0.493 e. The SMILES string of the molecule is COc1cc2cc3c(c(SC)c2cc1OC)CCc1ccccc1-3. The second-order valence-corrected chi connectivity index (χ2v) is 6.84. The van der Waals surface area contributed by atoms with Gasteiger partial charge in [-0.25, -0.2) is 0 Å². The van der Waals surface area contributed by atoms with Crippen LogP contribution in [0.3, 0.4) is 0 Å². The number of thioether (sulfide) groups is 1. The Labute approximate surface area is 146 Å². The standard InChI is InChI=1S/C21H20O2S/c1-22-19-11-14-10-18-15-7-5-4-6-13(15)8-9-16(18)21(24-3)17(14)12-20(19)23-2/h4-7,10-12H,8-9H2,1-3H3. The summed E-state index contributed by atoms with van der Waals surface area (Å²) in [5, 5.41) is 2.45. The Morgan fingerprint density at radius 2 is 1.62 bits per heavy atom. The molecule has 2 nitrogen and oxygen atoms in total. The van der Waals surface area contributed by atoms with Crippen LogP contribution < -0.4 is 9.47 Å². The molecule has 0 fully saturated rings. The smallest absolute Gasteiger partial charge is 0.161 e. The van der Waals surface area contributed by atoms with E-state index in [2.05, 4.69) is 48.7 Å². The fraction of sp³-hybridized carbons (Fsp3) is 0.238. The van der Waals surface area contributed by atoms with Crippen molar-refractivity contribution in [1.29, 1.82) is 0 Å². The molecule has 0 saturated carbocycles. The van der Waals surface area contributed by atoms with E-state index >= 15 is 0 Å². The fourth-order valence-corrected chi connectivity index (χ4v) is 4.58. The maximum Gasteiger partial charge on any atom is 0.161 e. The van der Waals surface area contributed by atoms with Crippen LogP contribution in [0.4, 0.5) is 0 Å². The minimum atomic E-state index is 0.779. The molecule has 122 valence electrons. The van der Waals surface area contributed by atoms with E-state index in [1.807, 2.05) is 11.8 Å². The zero-order valence-corrected chi connectivity index (χ0v) is 15.0. The summed E-state index contributed by atoms with van der Waals surface area (Å²) in [5.41, 5.74) is 5.63. The van der Waals surface area contributed by atoms with E-state index in [0.29, 0.717) is 0 Å². The lowest BCUT2D eigenvalue weighted by Gasteiger charge is -2.24. The molecule has 0 aromatic heterocycles. The molecule has 1 aliphatic carbocycles. The van der Waals surface area contributed by atoms with E-state index in [1.54, 1.807) is 14.2 Å². The van der Waals surface area contributed by atoms with Gasteiger partial charge in [-0.1, -0.05) is 24.3 Å². The highest BCUT2D eigenvalue weighted by Crippen LogP contribution is 2.44. The highest BCUT2D eigenvalue weighted by atomic mass is 32.2. The minimum absolute atomic E-state index is 0.779. The zero-order valence-electron chi connectivity index (χ0n) is 14.2. The molecule has 0 N–H and O–H groups in total. The third kappa shape index (κ3) is 2.27. The van der Waals surface area contributed by atoms with E-state index in [4.69, 9.17) is 9.47 Å². The van der Waals surface area contributed by atoms with Gasteiger partial charge in [-0.2, -0.15) is 0 Å². The molecule has 1 aliphatic rings. The van der Waals surface area contributed by atoms with E-state index in [0.717, 1.165) is 24.3 Å². The van der Waals surface area contributed by atoms with Crippen LogP contribution in [-0.2, 0) is 12.8 Å². The molecular weight excluding hydrogens is 316 g/mol. The molecule has 3 aromatic rings. The largest absolute Gasteiger partial charge is 0.493 e. The molecule has 0 spiro atoms. The van der Waals surface area contributed by atoms with Crippen LogP contribution in [0, 0.1) is 0 Å². The topological polar surface area (TPSA) is 18.5 Å². The second kappa shape index (κ2) is 6.06. The maximum absolute atomic E-state index is 5.51. The third-order valence-electron chi connectivity index (χ3n) is 4.86. The summed E-state index contributed by atoms with van der Waals surface area (Å²) >= 11 is 1.82. The van der Waals surface area contributed by atoms with Crippen LogP contribution in [0.15, 0.2) is 47.4 Å². The van der Waals surface area contributed by atoms with Crippen molar-refractivity contribution in [3.8, 4) is 22.6 Å². The molecule has 0 aliphatic heterocycles. The van der Waals surface area contributed by atoms with Gasteiger partial charge < -0.3 is 9.47 Å². The van der Waals surface area contributed by atoms with Gasteiger partial charge in [0.15, 0.2) is 11.5 Å². The lowest BCUT2D eigenvalue weighted by Crippen LogP contribution is -2.06. The molecule has 0 atom stereocenters. The van der Waals surface area contributed by atoms with Crippen LogP contribution in [-0.4, -0.2) is 20.5 Å². The molecule has 24 heavy (non-hydrogen) atoms. The molecule has 0 unspecified atom stereocenters. The lowest BCUT2D eigenvalue weighted by molar-refractivity contribution is 0.356. The van der Waals surface area contributed by atoms with Crippen LogP contribution in [0.1, 0.15) is 11.1 Å². The van der Waals surface area contributed by atoms with Gasteiger partial charge in [0.1, 0.15) is 0 Å². The van der Waals surface area contributed by atoms with Gasteiger partial charge in [0.2, 0.25) is 0 Å². The Balaban J connectivity index is 2.07. The molecule has 0 radical (unpaired) electrons. The summed E-state index contributed by atoms with van der Waals surface area (Å²) in [5.74, 6) is 1.57. The average Bonchev–Trinajstić information content (AvgIpc) is 2.64. The van der Waals surface area contributed by atoms with E-state index in [1.165, 1.54) is 37.9 Å². The third-order valence-corrected chi connectivity index (χ3v) is 5.73. The van der Waals surface area contributed by atoms with Crippen molar-refractivity contribution >= 4 is 22.5 Å². The highest BCUT2D eigenvalue weighted by Gasteiger charge is 2.21. The Kier molecular flexibility index (Phi) is 3.89. The van der Waals surface area contributed by atoms with Crippen LogP contribution in [0.2, 0.25) is 0 Å². The molecule has 0 bridgehead atoms. The van der Waals surface area contributed by atoms with Gasteiger partial charge in [0.05, 0.1) is 14.2 Å². The number of hydrogen-bond donors (Lipinski definition) is 0. The Morgan fingerprint density at radius 3 is 2.38 bits per heavy atom. The van der Waals surface area contributed by atoms with Crippen LogP contribution >= 0.6 is 11.8 Å². The number of benzene rings is 3. The van der Waals surface area contributed by atoms with Crippen molar-refractivity contribution < 1.29 is 9.47 Å². The zero-order chi connectivity index (χ0) is 16.7. The summed E-state index contributed by atoms with van der Waals surface area (Å²) in [4.78, 5) is 1.36. The summed E-state index contributed by atoms with van der Waals surface area (Å²) < 4.78 is 11.0. The number of rotatable bonds is 3. The first-order valence-corrected chi connectivity index (χ1v) is 9.33. The van der Waals surface area contributed by atoms with Crippen molar-refractivity contribution in [2.45, 2.75) is 17.7 Å². The first-order chi connectivity index (χ1) is 11.8. The number of fused-ring (bicyclic) bond motifs is 4. The van der Waals surface area contributed by atoms with E-state index < -0.39 is 0 Å². The number of hydrogen-bond acceptors (Lipinski definition) is 3. The number of aryl methyl sites for hydroxylation is 1. The monoisotopic (exact) mass is 336 g/mol. The molecule has 3 aromatic carbocycles. The Bertz CT molecular complexity index is 931. The van der Waals surface area contributed by atoms with Crippen molar-refractivity contribution in [2.75, 3.05) is 20.5 Å². The van der Waals surface area contributed by atoms with E-state index in [-0.39, 0.29) is 0 Å². The van der Waals surface area contributed by atoms with Crippen molar-refractivity contribution in [3.63, 3.8) is 0 Å². The molecule has 0 heterocycles. The molecule has 0 saturated heterocycles. The summed E-state index contributed by atoms with van der Waals surface area (Å²) in [7, 11) is 3.38. The first kappa shape index (κ1) is 15.4. The summed E-state index contributed by atoms with van der Waals surface area (Å²) in [6, 6.07) is 15.3. The van der Waals surface area contributed by atoms with Gasteiger partial charge >= 0.3 is 0 Å². The normalized spacial score (nSPS) is 12.6. The van der Waals surface area contributed by atoms with Crippen molar-refractivity contribution in [1.82, 2.24) is 0 Å². The second-order valence-electron chi connectivity index (χ2n) is 6.02. The highest BCUT2D eigenvalue weighted by molar-refractivity contribution is 7.98. The first-order valence-electron chi connectivity index (χ1n) is 8.10. The van der Waals surface area contributed by atoms with Gasteiger partial charge in [0, 0.05) is 4.90 Å². The van der Waals surface area contributed by atoms with E-state index in [9.17, 15) is 0 Å². The predicted molar refractivity (Wildman–Crippen MR) is 102 cm³/mol. The molecule has 0 amide bonds. The van der Waals surface area contributed by atoms with Crippen LogP contribution in [0.25, 0.3) is 21.9 Å². The molecule has 4 rings (SSSR count). The number of methoxy groups -OCH3 is 2. The van der Waals surface area contributed by atoms with Gasteiger partial charge in [-0.15, -0.1) is 11.8 Å². The van der Waals surface area contributed by atoms with Gasteiger partial charge in [-0.05, 0) is 70.3 Å². The molecule has 3 heteroatoms. The maximum atomic E-state index is 5.51. The Morgan fingerprint density at radius 1 is 0.875 bits per heavy atom. The van der Waals surface area contributed by atoms with Gasteiger partial charge in [0.25, 0.3) is 0 Å². The van der Waals surface area contributed by atoms with Crippen molar-refractivity contribution in [3.05, 3.63) is 53.6 Å².